The molecule has 3 rings (SSSR count). The van der Waals surface area contributed by atoms with Crippen LogP contribution in [0.15, 0.2) is 41.6 Å². The third-order valence-corrected chi connectivity index (χ3v) is 5.52. The Bertz CT molecular complexity index is 723. The van der Waals surface area contributed by atoms with Gasteiger partial charge in [-0.15, -0.1) is 0 Å². The van der Waals surface area contributed by atoms with Crippen molar-refractivity contribution in [3.05, 3.63) is 52.7 Å². The molecule has 132 valence electrons. The van der Waals surface area contributed by atoms with E-state index in [0.717, 1.165) is 32.4 Å². The van der Waals surface area contributed by atoms with Gasteiger partial charge in [0.15, 0.2) is 0 Å². The minimum atomic E-state index is 0.443. The predicted octanol–water partition coefficient (Wildman–Crippen LogP) is 4.98. The second kappa shape index (κ2) is 7.78. The zero-order chi connectivity index (χ0) is 17.8. The summed E-state index contributed by atoms with van der Waals surface area (Å²) in [5.74, 6) is 0.921. The summed E-state index contributed by atoms with van der Waals surface area (Å²) >= 11 is 0. The van der Waals surface area contributed by atoms with Gasteiger partial charge in [-0.3, -0.25) is 0 Å². The smallest absolute Gasteiger partial charge is 0.0625 e. The topological polar surface area (TPSA) is 39.1 Å². The Morgan fingerprint density at radius 1 is 1.32 bits per heavy atom. The molecule has 2 unspecified atom stereocenters. The van der Waals surface area contributed by atoms with Gasteiger partial charge in [-0.1, -0.05) is 25.1 Å². The predicted molar refractivity (Wildman–Crippen MR) is 104 cm³/mol. The van der Waals surface area contributed by atoms with E-state index in [2.05, 4.69) is 60.5 Å². The quantitative estimate of drug-likeness (QED) is 0.825. The second-order valence-corrected chi connectivity index (χ2v) is 7.34. The first-order valence-electron chi connectivity index (χ1n) is 9.46. The average Bonchev–Trinajstić information content (AvgIpc) is 2.62. The fourth-order valence-electron chi connectivity index (χ4n) is 4.22. The van der Waals surface area contributed by atoms with E-state index in [1.165, 1.54) is 28.1 Å². The zero-order valence-corrected chi connectivity index (χ0v) is 15.7. The summed E-state index contributed by atoms with van der Waals surface area (Å²) in [5, 5.41) is 12.4. The van der Waals surface area contributed by atoms with Crippen molar-refractivity contribution in [3.8, 4) is 6.07 Å². The fraction of sp³-hybridized carbons (Fsp3) is 0.500. The van der Waals surface area contributed by atoms with Gasteiger partial charge in [0.25, 0.3) is 0 Å². The molecule has 1 heterocycles. The van der Waals surface area contributed by atoms with E-state index in [4.69, 9.17) is 5.26 Å². The van der Waals surface area contributed by atoms with Crippen molar-refractivity contribution in [3.63, 3.8) is 0 Å². The SMILES string of the molecule is CCCN1CC(CC#N)CC2=C1CC(c1cc(NC)ccc1C)C=C2. The molecule has 0 saturated carbocycles. The number of anilines is 1. The molecule has 0 aromatic heterocycles. The summed E-state index contributed by atoms with van der Waals surface area (Å²) in [6.07, 6.45) is 8.66. The van der Waals surface area contributed by atoms with Gasteiger partial charge in [0.05, 0.1) is 6.07 Å². The minimum absolute atomic E-state index is 0.443. The highest BCUT2D eigenvalue weighted by molar-refractivity contribution is 5.51. The van der Waals surface area contributed by atoms with Gasteiger partial charge >= 0.3 is 0 Å². The van der Waals surface area contributed by atoms with E-state index in [1.807, 2.05) is 7.05 Å². The summed E-state index contributed by atoms with van der Waals surface area (Å²) < 4.78 is 0. The van der Waals surface area contributed by atoms with Crippen LogP contribution in [0.3, 0.4) is 0 Å². The van der Waals surface area contributed by atoms with Crippen LogP contribution in [0.2, 0.25) is 0 Å². The number of nitrogens with one attached hydrogen (secondary N) is 1. The molecule has 0 spiro atoms. The molecule has 1 aliphatic heterocycles. The van der Waals surface area contributed by atoms with Crippen LogP contribution in [0.25, 0.3) is 0 Å². The molecule has 0 bridgehead atoms. The van der Waals surface area contributed by atoms with Crippen LogP contribution in [0, 0.1) is 24.2 Å². The van der Waals surface area contributed by atoms with Crippen LogP contribution in [-0.2, 0) is 0 Å². The van der Waals surface area contributed by atoms with Gasteiger partial charge in [-0.25, -0.2) is 0 Å². The molecule has 2 atom stereocenters. The van der Waals surface area contributed by atoms with Crippen molar-refractivity contribution >= 4 is 5.69 Å². The van der Waals surface area contributed by atoms with Gasteiger partial charge in [0.2, 0.25) is 0 Å². The Kier molecular flexibility index (Phi) is 5.48. The molecule has 25 heavy (non-hydrogen) atoms. The minimum Gasteiger partial charge on any atom is -0.388 e. The lowest BCUT2D eigenvalue weighted by atomic mass is 9.80. The van der Waals surface area contributed by atoms with E-state index in [9.17, 15) is 0 Å². The third-order valence-electron chi connectivity index (χ3n) is 5.52. The van der Waals surface area contributed by atoms with E-state index in [0.29, 0.717) is 18.3 Å². The summed E-state index contributed by atoms with van der Waals surface area (Å²) in [6, 6.07) is 9.02. The van der Waals surface area contributed by atoms with E-state index in [-0.39, 0.29) is 0 Å². The first-order valence-corrected chi connectivity index (χ1v) is 9.46. The molecule has 3 heteroatoms. The summed E-state index contributed by atoms with van der Waals surface area (Å²) in [4.78, 5) is 2.55. The molecule has 0 amide bonds. The van der Waals surface area contributed by atoms with Crippen LogP contribution in [-0.4, -0.2) is 25.0 Å². The molecule has 0 saturated heterocycles. The Labute approximate surface area is 152 Å². The molecule has 1 N–H and O–H groups in total. The fourth-order valence-corrected chi connectivity index (χ4v) is 4.22. The molecule has 2 aliphatic rings. The third kappa shape index (κ3) is 3.74. The first-order chi connectivity index (χ1) is 12.2. The molecule has 1 aliphatic carbocycles. The Morgan fingerprint density at radius 3 is 2.88 bits per heavy atom. The molecule has 1 aromatic rings. The number of nitriles is 1. The maximum Gasteiger partial charge on any atom is 0.0625 e. The lowest BCUT2D eigenvalue weighted by Crippen LogP contribution is -2.36. The number of hydrogen-bond acceptors (Lipinski definition) is 3. The highest BCUT2D eigenvalue weighted by atomic mass is 15.1. The van der Waals surface area contributed by atoms with Crippen LogP contribution < -0.4 is 5.32 Å². The molecular formula is C22H29N3. The number of hydrogen-bond donors (Lipinski definition) is 1. The Morgan fingerprint density at radius 2 is 2.16 bits per heavy atom. The normalized spacial score (nSPS) is 22.6. The zero-order valence-electron chi connectivity index (χ0n) is 15.7. The van der Waals surface area contributed by atoms with E-state index >= 15 is 0 Å². The number of benzene rings is 1. The van der Waals surface area contributed by atoms with Crippen LogP contribution in [0.1, 0.15) is 49.7 Å². The van der Waals surface area contributed by atoms with Crippen molar-refractivity contribution in [1.29, 1.82) is 5.26 Å². The lowest BCUT2D eigenvalue weighted by Gasteiger charge is -2.40. The van der Waals surface area contributed by atoms with Crippen LogP contribution in [0.5, 0.6) is 0 Å². The number of allylic oxidation sites excluding steroid dienone is 4. The Balaban J connectivity index is 1.87. The van der Waals surface area contributed by atoms with Crippen LogP contribution >= 0.6 is 0 Å². The standard InChI is InChI=1S/C22H29N3/c1-4-11-25-15-17(9-10-23)12-19-7-6-18(13-22(19)25)21-14-20(24-3)8-5-16(21)2/h5-8,14,17-18,24H,4,9,11-13,15H2,1-3H3. The second-order valence-electron chi connectivity index (χ2n) is 7.34. The average molecular weight is 335 g/mol. The van der Waals surface area contributed by atoms with Gasteiger partial charge in [0.1, 0.15) is 0 Å². The van der Waals surface area contributed by atoms with Crippen molar-refractivity contribution in [1.82, 2.24) is 4.90 Å². The molecular weight excluding hydrogens is 306 g/mol. The Hall–Kier alpha value is -2.21. The first kappa shape index (κ1) is 17.6. The largest absolute Gasteiger partial charge is 0.388 e. The molecule has 0 fully saturated rings. The van der Waals surface area contributed by atoms with Crippen LogP contribution in [0.4, 0.5) is 5.69 Å². The highest BCUT2D eigenvalue weighted by Crippen LogP contribution is 2.40. The highest BCUT2D eigenvalue weighted by Gasteiger charge is 2.29. The molecule has 0 radical (unpaired) electrons. The summed E-state index contributed by atoms with van der Waals surface area (Å²) in [6.45, 7) is 6.58. The monoisotopic (exact) mass is 335 g/mol. The van der Waals surface area contributed by atoms with E-state index < -0.39 is 0 Å². The van der Waals surface area contributed by atoms with Gasteiger partial charge in [-0.05, 0) is 60.9 Å². The van der Waals surface area contributed by atoms with Crippen molar-refractivity contribution < 1.29 is 0 Å². The summed E-state index contributed by atoms with van der Waals surface area (Å²) in [5.41, 5.74) is 6.93. The van der Waals surface area contributed by atoms with Crippen molar-refractivity contribution in [2.24, 2.45) is 5.92 Å². The van der Waals surface area contributed by atoms with Crippen molar-refractivity contribution in [2.75, 3.05) is 25.5 Å². The van der Waals surface area contributed by atoms with Crippen molar-refractivity contribution in [2.45, 2.75) is 45.4 Å². The van der Waals surface area contributed by atoms with E-state index in [1.54, 1.807) is 0 Å². The van der Waals surface area contributed by atoms with Gasteiger partial charge in [0, 0.05) is 43.9 Å². The maximum atomic E-state index is 9.09. The lowest BCUT2D eigenvalue weighted by molar-refractivity contribution is 0.248. The maximum absolute atomic E-state index is 9.09. The molecule has 3 nitrogen and oxygen atoms in total. The number of nitrogens with zero attached hydrogens (tertiary/aromatic N) is 2. The number of rotatable bonds is 5. The van der Waals surface area contributed by atoms with Gasteiger partial charge < -0.3 is 10.2 Å². The van der Waals surface area contributed by atoms with Gasteiger partial charge in [-0.2, -0.15) is 5.26 Å². The molecule has 1 aromatic carbocycles. The number of aryl methyl sites for hydroxylation is 1. The summed E-state index contributed by atoms with van der Waals surface area (Å²) in [7, 11) is 1.98.